The van der Waals surface area contributed by atoms with Crippen molar-refractivity contribution in [1.82, 2.24) is 0 Å². The van der Waals surface area contributed by atoms with Gasteiger partial charge in [0.2, 0.25) is 0 Å². The second-order valence-electron chi connectivity index (χ2n) is 5.36. The Hall–Kier alpha value is -0.570. The van der Waals surface area contributed by atoms with E-state index in [9.17, 15) is 9.59 Å². The fraction of sp³-hybridized carbons (Fsp3) is 0.789. The van der Waals surface area contributed by atoms with Gasteiger partial charge in [-0.2, -0.15) is 0 Å². The predicted molar refractivity (Wildman–Crippen MR) is 104 cm³/mol. The number of carboxylic acid groups (broad SMARTS) is 2. The number of aliphatic hydroxyl groups is 3. The van der Waals surface area contributed by atoms with E-state index in [0.717, 1.165) is 38.5 Å². The van der Waals surface area contributed by atoms with Gasteiger partial charge in [0.15, 0.2) is 0 Å². The molecule has 0 amide bonds. The maximum atomic E-state index is 10.2. The smallest absolute Gasteiger partial charge is 0.330 e. The van der Waals surface area contributed by atoms with Gasteiger partial charge in [-0.15, -0.1) is 0 Å². The van der Waals surface area contributed by atoms with E-state index >= 15 is 0 Å². The monoisotopic (exact) mass is 560 g/mol. The Balaban J connectivity index is -0.0000000858. The normalized spacial score (nSPS) is 9.22. The number of allylic oxidation sites excluding steroid dienone is 1. The summed E-state index contributed by atoms with van der Waals surface area (Å²) in [5, 5.41) is 40.7. The minimum atomic E-state index is -1.00. The second kappa shape index (κ2) is 36.4. The van der Waals surface area contributed by atoms with E-state index in [-0.39, 0.29) is 44.3 Å². The molecular formula is C19H40HfO7. The summed E-state index contributed by atoms with van der Waals surface area (Å²) in [7, 11) is 0. The van der Waals surface area contributed by atoms with Gasteiger partial charge in [0.1, 0.15) is 0 Å². The van der Waals surface area contributed by atoms with Crippen molar-refractivity contribution in [3.8, 4) is 0 Å². The molecule has 0 aromatic heterocycles. The van der Waals surface area contributed by atoms with Crippen molar-refractivity contribution in [2.75, 3.05) is 19.8 Å². The number of rotatable bonds is 10. The van der Waals surface area contributed by atoms with Gasteiger partial charge in [0.05, 0.1) is 0 Å². The van der Waals surface area contributed by atoms with Crippen molar-refractivity contribution < 1.29 is 61.0 Å². The molecule has 0 rings (SSSR count). The van der Waals surface area contributed by atoms with E-state index in [4.69, 9.17) is 25.5 Å². The number of aliphatic hydroxyl groups excluding tert-OH is 3. The summed E-state index contributed by atoms with van der Waals surface area (Å²) in [5.74, 6) is -1.92. The van der Waals surface area contributed by atoms with Crippen molar-refractivity contribution >= 4 is 11.9 Å². The Morgan fingerprint density at radius 3 is 1.26 bits per heavy atom. The van der Waals surface area contributed by atoms with Gasteiger partial charge in [0, 0.05) is 57.7 Å². The minimum Gasteiger partial charge on any atom is -0.481 e. The third-order valence-corrected chi connectivity index (χ3v) is 2.68. The fourth-order valence-corrected chi connectivity index (χ4v) is 0.974. The van der Waals surface area contributed by atoms with E-state index in [1.54, 1.807) is 0 Å². The Bertz CT molecular complexity index is 301. The molecule has 0 aromatic carbocycles. The molecule has 5 N–H and O–H groups in total. The minimum absolute atomic E-state index is 0. The quantitative estimate of drug-likeness (QED) is 0.205. The number of unbranched alkanes of at least 4 members (excludes halogenated alkanes) is 3. The molecule has 0 saturated carbocycles. The zero-order valence-corrected chi connectivity index (χ0v) is 21.0. The van der Waals surface area contributed by atoms with Crippen LogP contribution in [0.1, 0.15) is 79.1 Å². The summed E-state index contributed by atoms with van der Waals surface area (Å²) in [5.41, 5.74) is 0.186. The third kappa shape index (κ3) is 58.6. The molecule has 0 aliphatic heterocycles. The number of carboxylic acids is 2. The Morgan fingerprint density at radius 1 is 0.778 bits per heavy atom. The van der Waals surface area contributed by atoms with Gasteiger partial charge >= 0.3 is 11.9 Å². The Kier molecular flexibility index (Phi) is 50.1. The summed E-state index contributed by atoms with van der Waals surface area (Å²) in [6.45, 7) is 8.62. The number of aliphatic carboxylic acids is 2. The van der Waals surface area contributed by atoms with Crippen LogP contribution in [0.25, 0.3) is 0 Å². The van der Waals surface area contributed by atoms with Crippen molar-refractivity contribution in [3.63, 3.8) is 0 Å². The maximum Gasteiger partial charge on any atom is 0.330 e. The van der Waals surface area contributed by atoms with Gasteiger partial charge in [-0.3, -0.25) is 4.79 Å². The predicted octanol–water partition coefficient (Wildman–Crippen LogP) is 3.22. The largest absolute Gasteiger partial charge is 0.481 e. The number of hydrogen-bond acceptors (Lipinski definition) is 5. The molecule has 0 unspecified atom stereocenters. The molecule has 0 bridgehead atoms. The topological polar surface area (TPSA) is 135 Å². The van der Waals surface area contributed by atoms with Crippen LogP contribution < -0.4 is 0 Å². The Labute approximate surface area is 183 Å². The van der Waals surface area contributed by atoms with Crippen molar-refractivity contribution in [3.05, 3.63) is 11.6 Å². The van der Waals surface area contributed by atoms with Crippen LogP contribution in [0.5, 0.6) is 0 Å². The summed E-state index contributed by atoms with van der Waals surface area (Å²) >= 11 is 0. The second-order valence-corrected chi connectivity index (χ2v) is 5.36. The molecule has 0 radical (unpaired) electrons. The van der Waals surface area contributed by atoms with Crippen LogP contribution >= 0.6 is 0 Å². The zero-order valence-electron chi connectivity index (χ0n) is 17.4. The first-order valence-corrected chi connectivity index (χ1v) is 9.23. The SMILES string of the molecule is CC(=CCCC(=O)O)C(=O)O.CCCCO.CCCCO.CCCCO.[Hf]. The molecule has 0 heterocycles. The molecule has 7 nitrogen and oxygen atoms in total. The van der Waals surface area contributed by atoms with Gasteiger partial charge in [-0.05, 0) is 32.6 Å². The van der Waals surface area contributed by atoms with Gasteiger partial charge in [-0.25, -0.2) is 4.79 Å². The van der Waals surface area contributed by atoms with Crippen LogP contribution in [0.15, 0.2) is 11.6 Å². The molecule has 0 saturated heterocycles. The average Bonchev–Trinajstić information content (AvgIpc) is 2.58. The molecule has 0 aliphatic rings. The van der Waals surface area contributed by atoms with Crippen LogP contribution in [0.4, 0.5) is 0 Å². The molecule has 162 valence electrons. The maximum absolute atomic E-state index is 10.2. The Morgan fingerprint density at radius 2 is 1.11 bits per heavy atom. The first-order valence-electron chi connectivity index (χ1n) is 9.23. The molecule has 0 atom stereocenters. The molecule has 0 fully saturated rings. The fourth-order valence-electron chi connectivity index (χ4n) is 0.974. The van der Waals surface area contributed by atoms with E-state index in [1.807, 2.05) is 0 Å². The van der Waals surface area contributed by atoms with Gasteiger partial charge < -0.3 is 25.5 Å². The third-order valence-electron chi connectivity index (χ3n) is 2.68. The van der Waals surface area contributed by atoms with Gasteiger partial charge in [0.25, 0.3) is 0 Å². The summed E-state index contributed by atoms with van der Waals surface area (Å²) in [4.78, 5) is 20.1. The average molecular weight is 559 g/mol. The van der Waals surface area contributed by atoms with Crippen molar-refractivity contribution in [1.29, 1.82) is 0 Å². The first kappa shape index (κ1) is 37.2. The summed E-state index contributed by atoms with van der Waals surface area (Å²) in [6.07, 6.45) is 7.76. The molecule has 0 spiro atoms. The summed E-state index contributed by atoms with van der Waals surface area (Å²) < 4.78 is 0. The molecule has 0 aliphatic carbocycles. The van der Waals surface area contributed by atoms with Crippen molar-refractivity contribution in [2.45, 2.75) is 79.1 Å². The van der Waals surface area contributed by atoms with Crippen LogP contribution in [0, 0.1) is 0 Å². The van der Waals surface area contributed by atoms with E-state index in [0.29, 0.717) is 19.8 Å². The van der Waals surface area contributed by atoms with Crippen LogP contribution in [-0.2, 0) is 35.4 Å². The summed E-state index contributed by atoms with van der Waals surface area (Å²) in [6, 6.07) is 0. The van der Waals surface area contributed by atoms with E-state index < -0.39 is 11.9 Å². The molecule has 8 heteroatoms. The standard InChI is InChI=1S/C7H10O4.3C4H10O.Hf/c1-5(7(10)11)3-2-4-6(8)9;3*1-2-3-4-5;/h3H,2,4H2,1H3,(H,8,9)(H,10,11);3*5H,2-4H2,1H3;. The first-order chi connectivity index (χ1) is 12.3. The van der Waals surface area contributed by atoms with E-state index in [2.05, 4.69) is 20.8 Å². The number of hydrogen-bond donors (Lipinski definition) is 5. The van der Waals surface area contributed by atoms with Crippen LogP contribution in [0.2, 0.25) is 0 Å². The molecule has 0 aromatic rings. The number of carbonyl (C=O) groups is 2. The van der Waals surface area contributed by atoms with Gasteiger partial charge in [-0.1, -0.05) is 46.1 Å². The van der Waals surface area contributed by atoms with Crippen LogP contribution in [-0.4, -0.2) is 57.3 Å². The van der Waals surface area contributed by atoms with Crippen molar-refractivity contribution in [2.24, 2.45) is 0 Å². The van der Waals surface area contributed by atoms with Crippen LogP contribution in [0.3, 0.4) is 0 Å². The van der Waals surface area contributed by atoms with E-state index in [1.165, 1.54) is 13.0 Å². The zero-order chi connectivity index (χ0) is 21.2. The molecule has 27 heavy (non-hydrogen) atoms. The molecular weight excluding hydrogens is 519 g/mol.